The summed E-state index contributed by atoms with van der Waals surface area (Å²) in [5.74, 6) is -0.177. The van der Waals surface area contributed by atoms with Crippen LogP contribution in [-0.4, -0.2) is 16.0 Å². The highest BCUT2D eigenvalue weighted by Gasteiger charge is 2.27. The monoisotopic (exact) mass is 348 g/mol. The molecule has 1 aromatic heterocycles. The highest BCUT2D eigenvalue weighted by molar-refractivity contribution is 5.36. The molecule has 0 bridgehead atoms. The van der Waals surface area contributed by atoms with E-state index in [1.165, 1.54) is 22.4 Å². The van der Waals surface area contributed by atoms with Gasteiger partial charge in [0.1, 0.15) is 5.82 Å². The van der Waals surface area contributed by atoms with E-state index in [1.807, 2.05) is 12.1 Å². The molecule has 3 heteroatoms. The van der Waals surface area contributed by atoms with Crippen LogP contribution in [0.5, 0.6) is 0 Å². The van der Waals surface area contributed by atoms with Crippen LogP contribution in [0.2, 0.25) is 0 Å². The van der Waals surface area contributed by atoms with Crippen LogP contribution >= 0.6 is 0 Å². The first-order valence-electron chi connectivity index (χ1n) is 9.32. The molecule has 2 aromatic carbocycles. The van der Waals surface area contributed by atoms with E-state index < -0.39 is 0 Å². The first-order valence-corrected chi connectivity index (χ1v) is 9.32. The molecule has 0 N–H and O–H groups in total. The molecule has 26 heavy (non-hydrogen) atoms. The van der Waals surface area contributed by atoms with E-state index in [4.69, 9.17) is 0 Å². The molecule has 0 saturated heterocycles. The minimum atomic E-state index is -0.177. The number of hydrogen-bond acceptors (Lipinski definition) is 1. The highest BCUT2D eigenvalue weighted by atomic mass is 19.1. The topological polar surface area (TPSA) is 8.17 Å². The third-order valence-electron chi connectivity index (χ3n) is 5.50. The Bertz CT molecular complexity index is 895. The normalized spacial score (nSPS) is 17.7. The van der Waals surface area contributed by atoms with Gasteiger partial charge in [0.05, 0.1) is 6.04 Å². The van der Waals surface area contributed by atoms with Gasteiger partial charge in [-0.1, -0.05) is 30.3 Å². The van der Waals surface area contributed by atoms with Crippen LogP contribution in [0.3, 0.4) is 0 Å². The van der Waals surface area contributed by atoms with Gasteiger partial charge >= 0.3 is 0 Å². The van der Waals surface area contributed by atoms with Gasteiger partial charge in [-0.05, 0) is 66.8 Å². The maximum Gasteiger partial charge on any atom is 0.123 e. The molecule has 1 atom stereocenters. The van der Waals surface area contributed by atoms with Crippen molar-refractivity contribution < 1.29 is 4.39 Å². The molecule has 0 spiro atoms. The zero-order valence-corrected chi connectivity index (χ0v) is 15.5. The number of fused-ring (bicyclic) bond motifs is 1. The third kappa shape index (κ3) is 3.32. The van der Waals surface area contributed by atoms with Crippen LogP contribution in [0.1, 0.15) is 40.4 Å². The summed E-state index contributed by atoms with van der Waals surface area (Å²) in [5, 5.41) is 0. The van der Waals surface area contributed by atoms with Crippen molar-refractivity contribution in [2.24, 2.45) is 0 Å². The molecule has 2 heterocycles. The molecule has 134 valence electrons. The second-order valence-electron chi connectivity index (χ2n) is 7.32. The van der Waals surface area contributed by atoms with Gasteiger partial charge in [-0.2, -0.15) is 0 Å². The lowest BCUT2D eigenvalue weighted by molar-refractivity contribution is 0.220. The molecule has 1 aliphatic rings. The first-order chi connectivity index (χ1) is 12.6. The molecule has 0 fully saturated rings. The maximum absolute atomic E-state index is 13.3. The Morgan fingerprint density at radius 3 is 2.54 bits per heavy atom. The van der Waals surface area contributed by atoms with Gasteiger partial charge in [0.15, 0.2) is 0 Å². The average Bonchev–Trinajstić information content (AvgIpc) is 3.01. The second kappa shape index (κ2) is 7.08. The summed E-state index contributed by atoms with van der Waals surface area (Å²) in [7, 11) is 0. The second-order valence-corrected chi connectivity index (χ2v) is 7.32. The molecule has 3 aromatic rings. The molecule has 0 radical (unpaired) electrons. The number of nitrogens with zero attached hydrogens (tertiary/aromatic N) is 2. The van der Waals surface area contributed by atoms with Gasteiger partial charge in [-0.15, -0.1) is 0 Å². The van der Waals surface area contributed by atoms with Gasteiger partial charge in [0.25, 0.3) is 0 Å². The van der Waals surface area contributed by atoms with E-state index in [1.54, 1.807) is 12.1 Å². The Morgan fingerprint density at radius 1 is 0.962 bits per heavy atom. The number of hydrogen-bond donors (Lipinski definition) is 0. The van der Waals surface area contributed by atoms with E-state index in [-0.39, 0.29) is 11.9 Å². The summed E-state index contributed by atoms with van der Waals surface area (Å²) in [4.78, 5) is 2.52. The molecule has 0 amide bonds. The van der Waals surface area contributed by atoms with Crippen LogP contribution in [0.15, 0.2) is 60.8 Å². The fourth-order valence-electron chi connectivity index (χ4n) is 3.95. The predicted octanol–water partition coefficient (Wildman–Crippen LogP) is 5.24. The highest BCUT2D eigenvalue weighted by Crippen LogP contribution is 2.33. The van der Waals surface area contributed by atoms with E-state index in [2.05, 4.69) is 59.8 Å². The molecule has 0 unspecified atom stereocenters. The van der Waals surface area contributed by atoms with E-state index in [9.17, 15) is 4.39 Å². The van der Waals surface area contributed by atoms with Crippen molar-refractivity contribution in [2.45, 2.75) is 39.4 Å². The lowest BCUT2D eigenvalue weighted by Crippen LogP contribution is -2.29. The summed E-state index contributed by atoms with van der Waals surface area (Å²) < 4.78 is 15.7. The molecular formula is C23H25FN2. The number of benzene rings is 2. The largest absolute Gasteiger partial charge is 0.350 e. The summed E-state index contributed by atoms with van der Waals surface area (Å²) in [5.41, 5.74) is 6.47. The molecule has 2 nitrogen and oxygen atoms in total. The number of aryl methyl sites for hydroxylation is 3. The number of halogens is 1. The predicted molar refractivity (Wildman–Crippen MR) is 104 cm³/mol. The van der Waals surface area contributed by atoms with Gasteiger partial charge in [-0.25, -0.2) is 4.39 Å². The summed E-state index contributed by atoms with van der Waals surface area (Å²) >= 11 is 0. The Morgan fingerprint density at radius 2 is 1.77 bits per heavy atom. The van der Waals surface area contributed by atoms with Gasteiger partial charge in [0.2, 0.25) is 0 Å². The summed E-state index contributed by atoms with van der Waals surface area (Å²) in [6.07, 6.45) is 3.30. The minimum absolute atomic E-state index is 0.177. The van der Waals surface area contributed by atoms with E-state index in [0.717, 1.165) is 31.6 Å². The van der Waals surface area contributed by atoms with Gasteiger partial charge in [0, 0.05) is 31.5 Å². The third-order valence-corrected chi connectivity index (χ3v) is 5.50. The standard InChI is InChI=1S/C23H25FN2/c1-17-6-9-20(15-18(17)2)23-22-5-3-12-25(22)13-4-14-26(23)16-19-7-10-21(24)11-8-19/h3,5-12,15,23H,4,13-14,16H2,1-2H3/t23-/m0/s1. The fraction of sp³-hybridized carbons (Fsp3) is 0.304. The Balaban J connectivity index is 1.75. The van der Waals surface area contributed by atoms with Crippen molar-refractivity contribution in [1.82, 2.24) is 9.47 Å². The lowest BCUT2D eigenvalue weighted by Gasteiger charge is -2.31. The van der Waals surface area contributed by atoms with Crippen LogP contribution in [0, 0.1) is 19.7 Å². The van der Waals surface area contributed by atoms with Crippen LogP contribution < -0.4 is 0 Å². The Kier molecular flexibility index (Phi) is 4.64. The van der Waals surface area contributed by atoms with Crippen LogP contribution in [0.4, 0.5) is 4.39 Å². The molecule has 0 saturated carbocycles. The molecule has 4 rings (SSSR count). The van der Waals surface area contributed by atoms with Crippen molar-refractivity contribution in [3.05, 3.63) is 94.6 Å². The Labute approximate surface area is 154 Å². The van der Waals surface area contributed by atoms with Crippen molar-refractivity contribution in [2.75, 3.05) is 6.54 Å². The quantitative estimate of drug-likeness (QED) is 0.628. The van der Waals surface area contributed by atoms with E-state index >= 15 is 0 Å². The zero-order valence-electron chi connectivity index (χ0n) is 15.5. The van der Waals surface area contributed by atoms with Gasteiger partial charge < -0.3 is 4.57 Å². The van der Waals surface area contributed by atoms with Crippen molar-refractivity contribution in [1.29, 1.82) is 0 Å². The average molecular weight is 348 g/mol. The summed E-state index contributed by atoms with van der Waals surface area (Å²) in [6, 6.07) is 18.3. The van der Waals surface area contributed by atoms with Crippen LogP contribution in [-0.2, 0) is 13.1 Å². The Hall–Kier alpha value is -2.39. The maximum atomic E-state index is 13.3. The first kappa shape index (κ1) is 17.0. The van der Waals surface area contributed by atoms with Crippen LogP contribution in [0.25, 0.3) is 0 Å². The molecular weight excluding hydrogens is 323 g/mol. The smallest absolute Gasteiger partial charge is 0.123 e. The number of aromatic nitrogens is 1. The van der Waals surface area contributed by atoms with Crippen molar-refractivity contribution >= 4 is 0 Å². The SMILES string of the molecule is Cc1ccc([C@H]2c3cccn3CCCN2Cc2ccc(F)cc2)cc1C. The zero-order chi connectivity index (χ0) is 18.1. The summed E-state index contributed by atoms with van der Waals surface area (Å²) in [6.45, 7) is 7.23. The fourth-order valence-corrected chi connectivity index (χ4v) is 3.95. The van der Waals surface area contributed by atoms with Crippen molar-refractivity contribution in [3.63, 3.8) is 0 Å². The van der Waals surface area contributed by atoms with E-state index in [0.29, 0.717) is 0 Å². The van der Waals surface area contributed by atoms with Crippen molar-refractivity contribution in [3.8, 4) is 0 Å². The molecule has 0 aliphatic carbocycles. The molecule has 1 aliphatic heterocycles. The lowest BCUT2D eigenvalue weighted by atomic mass is 9.97. The number of rotatable bonds is 3. The van der Waals surface area contributed by atoms with Gasteiger partial charge in [-0.3, -0.25) is 4.90 Å². The minimum Gasteiger partial charge on any atom is -0.350 e.